The molecule has 0 bridgehead atoms. The molecule has 2 atom stereocenters. The van der Waals surface area contributed by atoms with Gasteiger partial charge in [-0.1, -0.05) is 12.8 Å². The lowest BCUT2D eigenvalue weighted by molar-refractivity contribution is 0.209. The first kappa shape index (κ1) is 7.37. The van der Waals surface area contributed by atoms with Crippen molar-refractivity contribution in [1.29, 1.82) is 0 Å². The molecule has 0 aromatic rings. The molecule has 0 amide bonds. The second-order valence-corrected chi connectivity index (χ2v) is 4.97. The molecule has 1 saturated heterocycles. The van der Waals surface area contributed by atoms with Crippen molar-refractivity contribution in [2.24, 2.45) is 11.8 Å². The number of piperidine rings is 1. The first-order chi connectivity index (χ1) is 5.93. The van der Waals surface area contributed by atoms with Crippen LogP contribution in [-0.2, 0) is 0 Å². The number of rotatable bonds is 3. The highest BCUT2D eigenvalue weighted by atomic mass is 15.2. The lowest BCUT2D eigenvalue weighted by Gasteiger charge is -2.26. The van der Waals surface area contributed by atoms with Crippen LogP contribution in [0.25, 0.3) is 0 Å². The molecule has 1 nitrogen and oxygen atoms in total. The topological polar surface area (TPSA) is 3.24 Å². The van der Waals surface area contributed by atoms with Gasteiger partial charge in [0.1, 0.15) is 0 Å². The van der Waals surface area contributed by atoms with E-state index < -0.39 is 0 Å². The van der Waals surface area contributed by atoms with Crippen molar-refractivity contribution in [3.8, 4) is 0 Å². The molecule has 2 aliphatic carbocycles. The van der Waals surface area contributed by atoms with E-state index in [2.05, 4.69) is 4.90 Å². The van der Waals surface area contributed by atoms with E-state index in [1.807, 2.05) is 0 Å². The van der Waals surface area contributed by atoms with Gasteiger partial charge in [0.25, 0.3) is 0 Å². The van der Waals surface area contributed by atoms with E-state index in [1.165, 1.54) is 51.6 Å². The normalized spacial score (nSPS) is 41.0. The molecule has 68 valence electrons. The minimum Gasteiger partial charge on any atom is -0.300 e. The molecular formula is C11H19N. The number of fused-ring (bicyclic) bond motifs is 1. The van der Waals surface area contributed by atoms with E-state index >= 15 is 0 Å². The van der Waals surface area contributed by atoms with Crippen molar-refractivity contribution in [3.05, 3.63) is 0 Å². The molecule has 3 fully saturated rings. The summed E-state index contributed by atoms with van der Waals surface area (Å²) in [6.45, 7) is 2.83. The van der Waals surface area contributed by atoms with Crippen molar-refractivity contribution < 1.29 is 0 Å². The summed E-state index contributed by atoms with van der Waals surface area (Å²) in [6, 6.07) is 1.04. The fourth-order valence-electron chi connectivity index (χ4n) is 2.74. The van der Waals surface area contributed by atoms with Gasteiger partial charge in [0.15, 0.2) is 0 Å². The van der Waals surface area contributed by atoms with Gasteiger partial charge in [-0.05, 0) is 50.6 Å². The maximum absolute atomic E-state index is 2.77. The molecule has 0 radical (unpaired) electrons. The molecule has 12 heavy (non-hydrogen) atoms. The first-order valence-electron chi connectivity index (χ1n) is 5.67. The van der Waals surface area contributed by atoms with Gasteiger partial charge in [0, 0.05) is 6.04 Å². The molecule has 0 spiro atoms. The molecule has 0 N–H and O–H groups in total. The van der Waals surface area contributed by atoms with Gasteiger partial charge in [0.2, 0.25) is 0 Å². The number of nitrogens with zero attached hydrogens (tertiary/aromatic N) is 1. The Kier molecular flexibility index (Phi) is 1.68. The van der Waals surface area contributed by atoms with E-state index in [1.54, 1.807) is 0 Å². The molecule has 2 saturated carbocycles. The van der Waals surface area contributed by atoms with Gasteiger partial charge in [-0.25, -0.2) is 0 Å². The van der Waals surface area contributed by atoms with Crippen LogP contribution < -0.4 is 0 Å². The number of likely N-dealkylation sites (tertiary alicyclic amines) is 1. The van der Waals surface area contributed by atoms with Crippen LogP contribution in [-0.4, -0.2) is 24.0 Å². The van der Waals surface area contributed by atoms with E-state index in [0.717, 1.165) is 17.9 Å². The Morgan fingerprint density at radius 3 is 2.92 bits per heavy atom. The second-order valence-electron chi connectivity index (χ2n) is 4.97. The molecule has 0 aromatic heterocycles. The van der Waals surface area contributed by atoms with Gasteiger partial charge < -0.3 is 4.90 Å². The fraction of sp³-hybridized carbons (Fsp3) is 1.00. The Balaban J connectivity index is 1.47. The van der Waals surface area contributed by atoms with Crippen LogP contribution in [0.15, 0.2) is 0 Å². The quantitative estimate of drug-likeness (QED) is 0.620. The summed E-state index contributed by atoms with van der Waals surface area (Å²) in [5.74, 6) is 2.25. The summed E-state index contributed by atoms with van der Waals surface area (Å²) < 4.78 is 0. The summed E-state index contributed by atoms with van der Waals surface area (Å²) in [6.07, 6.45) is 9.11. The lowest BCUT2D eigenvalue weighted by atomic mass is 10.1. The van der Waals surface area contributed by atoms with Gasteiger partial charge >= 0.3 is 0 Å². The summed E-state index contributed by atoms with van der Waals surface area (Å²) in [4.78, 5) is 2.77. The van der Waals surface area contributed by atoms with Crippen LogP contribution in [0.4, 0.5) is 0 Å². The lowest BCUT2D eigenvalue weighted by Crippen LogP contribution is -2.32. The molecule has 1 aliphatic heterocycles. The molecule has 2 unspecified atom stereocenters. The SMILES string of the molecule is C1CC2CC2N(CCC2CC2)C1. The summed E-state index contributed by atoms with van der Waals surface area (Å²) >= 11 is 0. The Morgan fingerprint density at radius 1 is 1.17 bits per heavy atom. The number of hydrogen-bond donors (Lipinski definition) is 0. The third-order valence-electron chi connectivity index (χ3n) is 3.90. The fourth-order valence-corrected chi connectivity index (χ4v) is 2.74. The predicted molar refractivity (Wildman–Crippen MR) is 50.0 cm³/mol. The smallest absolute Gasteiger partial charge is 0.0127 e. The van der Waals surface area contributed by atoms with Gasteiger partial charge in [-0.15, -0.1) is 0 Å². The Labute approximate surface area is 75.1 Å². The third-order valence-corrected chi connectivity index (χ3v) is 3.90. The van der Waals surface area contributed by atoms with Crippen LogP contribution in [0.1, 0.15) is 38.5 Å². The van der Waals surface area contributed by atoms with Crippen LogP contribution in [0.3, 0.4) is 0 Å². The highest BCUT2D eigenvalue weighted by Crippen LogP contribution is 2.43. The van der Waals surface area contributed by atoms with Gasteiger partial charge in [-0.3, -0.25) is 0 Å². The molecule has 1 heteroatoms. The van der Waals surface area contributed by atoms with Crippen molar-refractivity contribution in [3.63, 3.8) is 0 Å². The van der Waals surface area contributed by atoms with E-state index in [9.17, 15) is 0 Å². The molecular weight excluding hydrogens is 146 g/mol. The standard InChI is InChI=1S/C11H19N/c1-2-10-8-11(10)12(6-1)7-5-9-3-4-9/h9-11H,1-8H2. The highest BCUT2D eigenvalue weighted by molar-refractivity contribution is 4.98. The Hall–Kier alpha value is -0.0400. The van der Waals surface area contributed by atoms with Crippen LogP contribution in [0.2, 0.25) is 0 Å². The minimum absolute atomic E-state index is 1.04. The van der Waals surface area contributed by atoms with Crippen molar-refractivity contribution in [1.82, 2.24) is 4.90 Å². The van der Waals surface area contributed by atoms with Crippen molar-refractivity contribution in [2.75, 3.05) is 13.1 Å². The highest BCUT2D eigenvalue weighted by Gasteiger charge is 2.43. The predicted octanol–water partition coefficient (Wildman–Crippen LogP) is 2.27. The molecule has 3 rings (SSSR count). The largest absolute Gasteiger partial charge is 0.300 e. The average molecular weight is 165 g/mol. The molecule has 1 heterocycles. The Morgan fingerprint density at radius 2 is 2.08 bits per heavy atom. The minimum atomic E-state index is 1.04. The number of hydrogen-bond acceptors (Lipinski definition) is 1. The van der Waals surface area contributed by atoms with Crippen molar-refractivity contribution in [2.45, 2.75) is 44.6 Å². The first-order valence-corrected chi connectivity index (χ1v) is 5.67. The monoisotopic (exact) mass is 165 g/mol. The summed E-state index contributed by atoms with van der Waals surface area (Å²) in [7, 11) is 0. The maximum Gasteiger partial charge on any atom is 0.0127 e. The molecule has 3 aliphatic rings. The zero-order valence-corrected chi connectivity index (χ0v) is 7.84. The van der Waals surface area contributed by atoms with Crippen LogP contribution in [0, 0.1) is 11.8 Å². The van der Waals surface area contributed by atoms with Crippen molar-refractivity contribution >= 4 is 0 Å². The molecule has 0 aromatic carbocycles. The van der Waals surface area contributed by atoms with Crippen LogP contribution >= 0.6 is 0 Å². The van der Waals surface area contributed by atoms with Crippen LogP contribution in [0.5, 0.6) is 0 Å². The zero-order valence-electron chi connectivity index (χ0n) is 7.84. The second kappa shape index (κ2) is 2.73. The average Bonchev–Trinajstić information content (AvgIpc) is 2.95. The van der Waals surface area contributed by atoms with E-state index in [0.29, 0.717) is 0 Å². The summed E-state index contributed by atoms with van der Waals surface area (Å²) in [5, 5.41) is 0. The van der Waals surface area contributed by atoms with Gasteiger partial charge in [-0.2, -0.15) is 0 Å². The third kappa shape index (κ3) is 1.39. The van der Waals surface area contributed by atoms with E-state index in [4.69, 9.17) is 0 Å². The maximum atomic E-state index is 2.77. The van der Waals surface area contributed by atoms with Gasteiger partial charge in [0.05, 0.1) is 0 Å². The Bertz CT molecular complexity index is 174. The zero-order chi connectivity index (χ0) is 7.97. The van der Waals surface area contributed by atoms with E-state index in [-0.39, 0.29) is 0 Å². The summed E-state index contributed by atoms with van der Waals surface area (Å²) in [5.41, 5.74) is 0.